The van der Waals surface area contributed by atoms with Crippen molar-refractivity contribution in [3.05, 3.63) is 94.8 Å². The van der Waals surface area contributed by atoms with Gasteiger partial charge in [-0.25, -0.2) is 12.8 Å². The lowest BCUT2D eigenvalue weighted by molar-refractivity contribution is -0.139. The number of nitrogens with one attached hydrogen (secondary N) is 1. The number of nitrogens with zero attached hydrogens (tertiary/aromatic N) is 2. The second-order valence-corrected chi connectivity index (χ2v) is 11.5. The predicted molar refractivity (Wildman–Crippen MR) is 147 cm³/mol. The third kappa shape index (κ3) is 7.11. The fourth-order valence-corrected chi connectivity index (χ4v) is 5.37. The van der Waals surface area contributed by atoms with Gasteiger partial charge in [-0.2, -0.15) is 0 Å². The number of carbonyl (C=O) groups excluding carboxylic acids is 2. The van der Waals surface area contributed by atoms with E-state index in [9.17, 15) is 22.4 Å². The van der Waals surface area contributed by atoms with Crippen molar-refractivity contribution in [2.75, 3.05) is 10.8 Å². The van der Waals surface area contributed by atoms with Crippen molar-refractivity contribution in [2.24, 2.45) is 0 Å². The summed E-state index contributed by atoms with van der Waals surface area (Å²) in [5.74, 6) is -1.71. The largest absolute Gasteiger partial charge is 0.352 e. The summed E-state index contributed by atoms with van der Waals surface area (Å²) >= 11 is 5.97. The Bertz CT molecular complexity index is 1380. The van der Waals surface area contributed by atoms with Gasteiger partial charge < -0.3 is 10.2 Å². The molecule has 10 heteroatoms. The van der Waals surface area contributed by atoms with Crippen LogP contribution >= 0.6 is 11.6 Å². The molecule has 0 aromatic heterocycles. The van der Waals surface area contributed by atoms with Crippen molar-refractivity contribution in [2.45, 2.75) is 51.2 Å². The Labute approximate surface area is 228 Å². The molecule has 3 aromatic carbocycles. The van der Waals surface area contributed by atoms with Crippen LogP contribution in [0.3, 0.4) is 0 Å². The lowest BCUT2D eigenvalue weighted by Gasteiger charge is -2.32. The first-order valence-corrected chi connectivity index (χ1v) is 13.9. The highest BCUT2D eigenvalue weighted by molar-refractivity contribution is 7.92. The summed E-state index contributed by atoms with van der Waals surface area (Å²) in [5.41, 5.74) is 1.82. The minimum absolute atomic E-state index is 0.0168. The van der Waals surface area contributed by atoms with Crippen molar-refractivity contribution in [3.8, 4) is 0 Å². The van der Waals surface area contributed by atoms with Crippen LogP contribution < -0.4 is 9.62 Å². The van der Waals surface area contributed by atoms with Gasteiger partial charge in [0.25, 0.3) is 10.0 Å². The molecule has 0 heterocycles. The highest BCUT2D eigenvalue weighted by Gasteiger charge is 2.32. The summed E-state index contributed by atoms with van der Waals surface area (Å²) in [6.07, 6.45) is 0. The number of sulfonamides is 1. The highest BCUT2D eigenvalue weighted by atomic mass is 35.5. The van der Waals surface area contributed by atoms with Crippen LogP contribution in [0.25, 0.3) is 0 Å². The van der Waals surface area contributed by atoms with Gasteiger partial charge in [0.15, 0.2) is 0 Å². The van der Waals surface area contributed by atoms with E-state index in [0.717, 1.165) is 27.6 Å². The van der Waals surface area contributed by atoms with Gasteiger partial charge in [-0.1, -0.05) is 59.6 Å². The molecule has 1 N–H and O–H groups in total. The van der Waals surface area contributed by atoms with E-state index < -0.39 is 34.3 Å². The van der Waals surface area contributed by atoms with Gasteiger partial charge in [0.05, 0.1) is 15.6 Å². The Balaban J connectivity index is 2.04. The van der Waals surface area contributed by atoms with E-state index in [1.165, 1.54) is 23.1 Å². The van der Waals surface area contributed by atoms with Crippen LogP contribution in [-0.4, -0.2) is 43.8 Å². The molecule has 0 fully saturated rings. The molecule has 7 nitrogen and oxygen atoms in total. The number of hydrogen-bond donors (Lipinski definition) is 1. The average Bonchev–Trinajstić information content (AvgIpc) is 2.88. The first-order chi connectivity index (χ1) is 17.9. The third-order valence-corrected chi connectivity index (χ3v) is 7.95. The van der Waals surface area contributed by atoms with Crippen molar-refractivity contribution in [3.63, 3.8) is 0 Å². The number of amides is 2. The maximum absolute atomic E-state index is 13.9. The Kier molecular flexibility index (Phi) is 9.51. The molecule has 0 radical (unpaired) electrons. The van der Waals surface area contributed by atoms with Crippen molar-refractivity contribution in [1.29, 1.82) is 0 Å². The van der Waals surface area contributed by atoms with Gasteiger partial charge in [0.1, 0.15) is 18.4 Å². The first-order valence-electron chi connectivity index (χ1n) is 12.1. The standard InChI is InChI=1S/C28H31ClFN3O4S/c1-19(2)31-28(35)21(4)32(17-22-12-10-20(3)11-13-22)27(34)18-33(23-14-15-26(30)25(29)16-23)38(36,37)24-8-6-5-7-9-24/h5-16,19,21H,17-18H2,1-4H3,(H,31,35)/t21-/m1/s1. The summed E-state index contributed by atoms with van der Waals surface area (Å²) in [7, 11) is -4.25. The quantitative estimate of drug-likeness (QED) is 0.382. The van der Waals surface area contributed by atoms with Crippen molar-refractivity contribution < 1.29 is 22.4 Å². The zero-order valence-corrected chi connectivity index (χ0v) is 23.3. The second kappa shape index (κ2) is 12.4. The Morgan fingerprint density at radius 1 is 0.974 bits per heavy atom. The van der Waals surface area contributed by atoms with Gasteiger partial charge in [-0.3, -0.25) is 13.9 Å². The number of rotatable bonds is 10. The number of halogens is 2. The third-order valence-electron chi connectivity index (χ3n) is 5.87. The molecule has 0 aliphatic heterocycles. The smallest absolute Gasteiger partial charge is 0.264 e. The molecule has 3 rings (SSSR count). The summed E-state index contributed by atoms with van der Waals surface area (Å²) in [5, 5.41) is 2.52. The van der Waals surface area contributed by atoms with Crippen molar-refractivity contribution >= 4 is 39.1 Å². The maximum atomic E-state index is 13.9. The molecule has 0 aliphatic carbocycles. The number of anilines is 1. The Morgan fingerprint density at radius 3 is 2.18 bits per heavy atom. The average molecular weight is 560 g/mol. The lowest BCUT2D eigenvalue weighted by atomic mass is 10.1. The number of carbonyl (C=O) groups is 2. The molecular weight excluding hydrogens is 529 g/mol. The summed E-state index contributed by atoms with van der Waals surface area (Å²) in [4.78, 5) is 28.0. The number of benzene rings is 3. The van der Waals surface area contributed by atoms with E-state index in [2.05, 4.69) is 5.32 Å². The Hall–Kier alpha value is -3.43. The van der Waals surface area contributed by atoms with Gasteiger partial charge >= 0.3 is 0 Å². The van der Waals surface area contributed by atoms with E-state index in [4.69, 9.17) is 11.6 Å². The van der Waals surface area contributed by atoms with Crippen molar-refractivity contribution in [1.82, 2.24) is 10.2 Å². The SMILES string of the molecule is Cc1ccc(CN(C(=O)CN(c2ccc(F)c(Cl)c2)S(=O)(=O)c2ccccc2)[C@H](C)C(=O)NC(C)C)cc1. The highest BCUT2D eigenvalue weighted by Crippen LogP contribution is 2.28. The molecule has 0 saturated heterocycles. The van der Waals surface area contributed by atoms with E-state index in [1.807, 2.05) is 45.0 Å². The van der Waals surface area contributed by atoms with Gasteiger partial charge in [0.2, 0.25) is 11.8 Å². The Morgan fingerprint density at radius 2 is 1.61 bits per heavy atom. The van der Waals surface area contributed by atoms with Crippen LogP contribution in [0.15, 0.2) is 77.7 Å². The normalized spacial score (nSPS) is 12.2. The minimum Gasteiger partial charge on any atom is -0.352 e. The lowest BCUT2D eigenvalue weighted by Crippen LogP contribution is -2.52. The molecule has 0 bridgehead atoms. The molecule has 1 atom stereocenters. The fraction of sp³-hybridized carbons (Fsp3) is 0.286. The second-order valence-electron chi connectivity index (χ2n) is 9.27. The van der Waals surface area contributed by atoms with Crippen LogP contribution in [0, 0.1) is 12.7 Å². The topological polar surface area (TPSA) is 86.8 Å². The predicted octanol–water partition coefficient (Wildman–Crippen LogP) is 4.92. The number of aryl methyl sites for hydroxylation is 1. The molecular formula is C28H31ClFN3O4S. The zero-order chi connectivity index (χ0) is 28.0. The molecule has 0 saturated carbocycles. The molecule has 0 unspecified atom stereocenters. The van der Waals surface area contributed by atoms with Gasteiger partial charge in [0, 0.05) is 12.6 Å². The zero-order valence-electron chi connectivity index (χ0n) is 21.7. The maximum Gasteiger partial charge on any atom is 0.264 e. The van der Waals surface area contributed by atoms with Gasteiger partial charge in [-0.05, 0) is 63.6 Å². The van der Waals surface area contributed by atoms with E-state index in [-0.39, 0.29) is 34.1 Å². The van der Waals surface area contributed by atoms with Gasteiger partial charge in [-0.15, -0.1) is 0 Å². The summed E-state index contributed by atoms with van der Waals surface area (Å²) in [6, 6.07) is 17.5. The summed E-state index contributed by atoms with van der Waals surface area (Å²) in [6.45, 7) is 6.59. The summed E-state index contributed by atoms with van der Waals surface area (Å²) < 4.78 is 42.1. The van der Waals surface area contributed by atoms with E-state index in [0.29, 0.717) is 0 Å². The molecule has 0 aliphatic rings. The van der Waals surface area contributed by atoms with Crippen LogP contribution in [0.5, 0.6) is 0 Å². The fourth-order valence-electron chi connectivity index (χ4n) is 3.77. The van der Waals surface area contributed by atoms with Crippen LogP contribution in [-0.2, 0) is 26.2 Å². The van der Waals surface area contributed by atoms with Crippen LogP contribution in [0.4, 0.5) is 10.1 Å². The monoisotopic (exact) mass is 559 g/mol. The molecule has 2 amide bonds. The van der Waals surface area contributed by atoms with E-state index in [1.54, 1.807) is 25.1 Å². The molecule has 0 spiro atoms. The van der Waals surface area contributed by atoms with Crippen LogP contribution in [0.1, 0.15) is 31.9 Å². The minimum atomic E-state index is -4.25. The molecule has 3 aromatic rings. The molecule has 202 valence electrons. The number of hydrogen-bond acceptors (Lipinski definition) is 4. The van der Waals surface area contributed by atoms with Crippen LogP contribution in [0.2, 0.25) is 5.02 Å². The first kappa shape index (κ1) is 29.1. The van der Waals surface area contributed by atoms with E-state index >= 15 is 0 Å². The molecule has 38 heavy (non-hydrogen) atoms.